The van der Waals surface area contributed by atoms with Gasteiger partial charge in [0.1, 0.15) is 0 Å². The molecule has 1 aliphatic rings. The zero-order valence-corrected chi connectivity index (χ0v) is 8.60. The standard InChI is InChI=1S/C12H22/c1-3-4-5-6-9-12(2)10-7-8-11-12/h6,9H,3-5,7-8,10-11H2,1-2H3. The molecule has 0 aromatic heterocycles. The van der Waals surface area contributed by atoms with Crippen molar-refractivity contribution >= 4 is 0 Å². The van der Waals surface area contributed by atoms with E-state index in [2.05, 4.69) is 26.0 Å². The molecule has 0 heteroatoms. The third kappa shape index (κ3) is 3.00. The summed E-state index contributed by atoms with van der Waals surface area (Å²) in [6.07, 6.45) is 14.5. The van der Waals surface area contributed by atoms with Gasteiger partial charge in [0.15, 0.2) is 0 Å². The number of hydrogen-bond acceptors (Lipinski definition) is 0. The molecule has 0 atom stereocenters. The third-order valence-electron chi connectivity index (χ3n) is 2.99. The molecule has 0 spiro atoms. The van der Waals surface area contributed by atoms with Gasteiger partial charge in [-0.2, -0.15) is 0 Å². The topological polar surface area (TPSA) is 0 Å². The molecule has 0 saturated heterocycles. The van der Waals surface area contributed by atoms with Gasteiger partial charge < -0.3 is 0 Å². The van der Waals surface area contributed by atoms with Crippen LogP contribution in [0.15, 0.2) is 12.2 Å². The fourth-order valence-corrected chi connectivity index (χ4v) is 2.04. The maximum Gasteiger partial charge on any atom is -0.0147 e. The van der Waals surface area contributed by atoms with E-state index >= 15 is 0 Å². The van der Waals surface area contributed by atoms with Gasteiger partial charge in [0.2, 0.25) is 0 Å². The fraction of sp³-hybridized carbons (Fsp3) is 0.833. The van der Waals surface area contributed by atoms with Crippen LogP contribution in [0.25, 0.3) is 0 Å². The SMILES string of the molecule is CCCCC=CC1(C)CCCC1. The third-order valence-corrected chi connectivity index (χ3v) is 2.99. The first-order valence-corrected chi connectivity index (χ1v) is 5.44. The molecule has 1 aliphatic carbocycles. The van der Waals surface area contributed by atoms with Crippen LogP contribution in [0.5, 0.6) is 0 Å². The number of rotatable bonds is 4. The molecule has 0 N–H and O–H groups in total. The summed E-state index contributed by atoms with van der Waals surface area (Å²) >= 11 is 0. The fourth-order valence-electron chi connectivity index (χ4n) is 2.04. The number of unbranched alkanes of at least 4 members (excludes halogenated alkanes) is 2. The van der Waals surface area contributed by atoms with E-state index in [0.29, 0.717) is 5.41 Å². The highest BCUT2D eigenvalue weighted by molar-refractivity contribution is 4.99. The Morgan fingerprint density at radius 1 is 1.25 bits per heavy atom. The quantitative estimate of drug-likeness (QED) is 0.431. The number of hydrogen-bond donors (Lipinski definition) is 0. The van der Waals surface area contributed by atoms with Gasteiger partial charge in [0.05, 0.1) is 0 Å². The van der Waals surface area contributed by atoms with Crippen LogP contribution in [0.2, 0.25) is 0 Å². The van der Waals surface area contributed by atoms with Crippen LogP contribution >= 0.6 is 0 Å². The highest BCUT2D eigenvalue weighted by Crippen LogP contribution is 2.38. The molecule has 0 nitrogen and oxygen atoms in total. The van der Waals surface area contributed by atoms with Crippen molar-refractivity contribution in [3.63, 3.8) is 0 Å². The van der Waals surface area contributed by atoms with E-state index in [9.17, 15) is 0 Å². The van der Waals surface area contributed by atoms with Crippen LogP contribution in [-0.4, -0.2) is 0 Å². The minimum atomic E-state index is 0.563. The molecule has 0 unspecified atom stereocenters. The predicted octanol–water partition coefficient (Wildman–Crippen LogP) is 4.31. The second-order valence-corrected chi connectivity index (χ2v) is 4.41. The summed E-state index contributed by atoms with van der Waals surface area (Å²) in [6, 6.07) is 0. The average molecular weight is 166 g/mol. The maximum absolute atomic E-state index is 2.47. The molecule has 0 heterocycles. The zero-order chi connectivity index (χ0) is 8.86. The molecular weight excluding hydrogens is 144 g/mol. The lowest BCUT2D eigenvalue weighted by molar-refractivity contribution is 0.444. The highest BCUT2D eigenvalue weighted by Gasteiger charge is 2.24. The minimum absolute atomic E-state index is 0.563. The van der Waals surface area contributed by atoms with Gasteiger partial charge in [-0.3, -0.25) is 0 Å². The molecule has 1 saturated carbocycles. The first-order valence-electron chi connectivity index (χ1n) is 5.44. The Morgan fingerprint density at radius 3 is 2.50 bits per heavy atom. The Balaban J connectivity index is 2.23. The van der Waals surface area contributed by atoms with Gasteiger partial charge in [0.25, 0.3) is 0 Å². The van der Waals surface area contributed by atoms with Crippen molar-refractivity contribution < 1.29 is 0 Å². The van der Waals surface area contributed by atoms with Crippen molar-refractivity contribution in [3.8, 4) is 0 Å². The first kappa shape index (κ1) is 9.83. The summed E-state index contributed by atoms with van der Waals surface area (Å²) in [7, 11) is 0. The average Bonchev–Trinajstić information content (AvgIpc) is 2.47. The highest BCUT2D eigenvalue weighted by atomic mass is 14.3. The van der Waals surface area contributed by atoms with Crippen LogP contribution in [0.4, 0.5) is 0 Å². The van der Waals surface area contributed by atoms with Gasteiger partial charge in [-0.25, -0.2) is 0 Å². The normalized spacial score (nSPS) is 22.2. The van der Waals surface area contributed by atoms with Crippen molar-refractivity contribution in [2.24, 2.45) is 5.41 Å². The van der Waals surface area contributed by atoms with Gasteiger partial charge in [0, 0.05) is 0 Å². The Labute approximate surface area is 77.1 Å². The van der Waals surface area contributed by atoms with E-state index in [4.69, 9.17) is 0 Å². The summed E-state index contributed by atoms with van der Waals surface area (Å²) < 4.78 is 0. The van der Waals surface area contributed by atoms with E-state index in [1.54, 1.807) is 0 Å². The first-order chi connectivity index (χ1) is 5.77. The molecule has 70 valence electrons. The summed E-state index contributed by atoms with van der Waals surface area (Å²) in [5.74, 6) is 0. The monoisotopic (exact) mass is 166 g/mol. The lowest BCUT2D eigenvalue weighted by atomic mass is 9.88. The van der Waals surface area contributed by atoms with Crippen LogP contribution in [-0.2, 0) is 0 Å². The molecule has 0 radical (unpaired) electrons. The van der Waals surface area contributed by atoms with Gasteiger partial charge in [-0.1, -0.05) is 51.7 Å². The van der Waals surface area contributed by atoms with Gasteiger partial charge in [-0.15, -0.1) is 0 Å². The largest absolute Gasteiger partial charge is 0.0880 e. The Kier molecular flexibility index (Phi) is 3.84. The molecule has 1 rings (SSSR count). The van der Waals surface area contributed by atoms with Crippen LogP contribution in [0.3, 0.4) is 0 Å². The van der Waals surface area contributed by atoms with Crippen molar-refractivity contribution in [2.75, 3.05) is 0 Å². The molecule has 0 aromatic carbocycles. The molecular formula is C12H22. The molecule has 0 bridgehead atoms. The van der Waals surface area contributed by atoms with E-state index < -0.39 is 0 Å². The second kappa shape index (κ2) is 4.69. The van der Waals surface area contributed by atoms with Gasteiger partial charge in [-0.05, 0) is 24.7 Å². The smallest absolute Gasteiger partial charge is 0.0147 e. The molecule has 0 amide bonds. The van der Waals surface area contributed by atoms with Crippen LogP contribution in [0, 0.1) is 5.41 Å². The lowest BCUT2D eigenvalue weighted by Gasteiger charge is -2.17. The van der Waals surface area contributed by atoms with E-state index in [0.717, 1.165) is 0 Å². The molecule has 0 aliphatic heterocycles. The Hall–Kier alpha value is -0.260. The Bertz CT molecular complexity index is 138. The summed E-state index contributed by atoms with van der Waals surface area (Å²) in [4.78, 5) is 0. The molecule has 1 fully saturated rings. The van der Waals surface area contributed by atoms with Crippen LogP contribution < -0.4 is 0 Å². The van der Waals surface area contributed by atoms with Crippen LogP contribution in [0.1, 0.15) is 58.8 Å². The summed E-state index contributed by atoms with van der Waals surface area (Å²) in [5.41, 5.74) is 0.563. The van der Waals surface area contributed by atoms with Gasteiger partial charge >= 0.3 is 0 Å². The second-order valence-electron chi connectivity index (χ2n) is 4.41. The van der Waals surface area contributed by atoms with Crippen molar-refractivity contribution in [1.29, 1.82) is 0 Å². The maximum atomic E-state index is 2.47. The van der Waals surface area contributed by atoms with Crippen molar-refractivity contribution in [1.82, 2.24) is 0 Å². The molecule has 12 heavy (non-hydrogen) atoms. The molecule has 0 aromatic rings. The minimum Gasteiger partial charge on any atom is -0.0880 e. The van der Waals surface area contributed by atoms with E-state index in [1.807, 2.05) is 0 Å². The van der Waals surface area contributed by atoms with E-state index in [-0.39, 0.29) is 0 Å². The Morgan fingerprint density at radius 2 is 1.92 bits per heavy atom. The lowest BCUT2D eigenvalue weighted by Crippen LogP contribution is -2.05. The summed E-state index contributed by atoms with van der Waals surface area (Å²) in [6.45, 7) is 4.66. The summed E-state index contributed by atoms with van der Waals surface area (Å²) in [5, 5.41) is 0. The predicted molar refractivity (Wildman–Crippen MR) is 55.2 cm³/mol. The van der Waals surface area contributed by atoms with E-state index in [1.165, 1.54) is 44.9 Å². The zero-order valence-electron chi connectivity index (χ0n) is 8.60. The number of allylic oxidation sites excluding steroid dienone is 2. The van der Waals surface area contributed by atoms with Crippen molar-refractivity contribution in [2.45, 2.75) is 58.8 Å². The van der Waals surface area contributed by atoms with Crippen molar-refractivity contribution in [3.05, 3.63) is 12.2 Å².